The highest BCUT2D eigenvalue weighted by Crippen LogP contribution is 2.39. The molecule has 2 aromatic carbocycles. The average molecular weight is 267 g/mol. The summed E-state index contributed by atoms with van der Waals surface area (Å²) in [6.07, 6.45) is 0. The SMILES string of the molecule is COc1ccc2c(c1)C(c1ccc(C)cc1)N(C)C2=O. The minimum atomic E-state index is -0.0341. The van der Waals surface area contributed by atoms with Crippen LogP contribution in [0.4, 0.5) is 0 Å². The molecule has 1 aliphatic heterocycles. The van der Waals surface area contributed by atoms with Crippen LogP contribution in [0.5, 0.6) is 5.75 Å². The number of rotatable bonds is 2. The smallest absolute Gasteiger partial charge is 0.254 e. The minimum Gasteiger partial charge on any atom is -0.497 e. The number of fused-ring (bicyclic) bond motifs is 1. The van der Waals surface area contributed by atoms with Gasteiger partial charge in [0.15, 0.2) is 0 Å². The number of ether oxygens (including phenoxy) is 1. The average Bonchev–Trinajstić information content (AvgIpc) is 2.72. The fourth-order valence-electron chi connectivity index (χ4n) is 2.76. The third-order valence-electron chi connectivity index (χ3n) is 3.88. The van der Waals surface area contributed by atoms with E-state index in [1.165, 1.54) is 5.56 Å². The number of carbonyl (C=O) groups excluding carboxylic acids is 1. The molecule has 1 unspecified atom stereocenters. The van der Waals surface area contributed by atoms with E-state index >= 15 is 0 Å². The van der Waals surface area contributed by atoms with Crippen LogP contribution in [0.2, 0.25) is 0 Å². The third-order valence-corrected chi connectivity index (χ3v) is 3.88. The molecule has 1 atom stereocenters. The van der Waals surface area contributed by atoms with Gasteiger partial charge in [-0.2, -0.15) is 0 Å². The van der Waals surface area contributed by atoms with Gasteiger partial charge >= 0.3 is 0 Å². The summed E-state index contributed by atoms with van der Waals surface area (Å²) in [5.41, 5.74) is 4.12. The third kappa shape index (κ3) is 1.86. The van der Waals surface area contributed by atoms with Crippen LogP contribution < -0.4 is 4.74 Å². The topological polar surface area (TPSA) is 29.5 Å². The Hall–Kier alpha value is -2.29. The van der Waals surface area contributed by atoms with Crippen molar-refractivity contribution in [2.45, 2.75) is 13.0 Å². The van der Waals surface area contributed by atoms with E-state index < -0.39 is 0 Å². The van der Waals surface area contributed by atoms with Gasteiger partial charge < -0.3 is 9.64 Å². The molecular weight excluding hydrogens is 250 g/mol. The second kappa shape index (κ2) is 4.67. The normalized spacial score (nSPS) is 17.2. The van der Waals surface area contributed by atoms with E-state index in [1.807, 2.05) is 25.2 Å². The van der Waals surface area contributed by atoms with Gasteiger partial charge in [-0.3, -0.25) is 4.79 Å². The van der Waals surface area contributed by atoms with Crippen molar-refractivity contribution >= 4 is 5.91 Å². The number of aryl methyl sites for hydroxylation is 1. The van der Waals surface area contributed by atoms with E-state index in [0.29, 0.717) is 0 Å². The predicted molar refractivity (Wildman–Crippen MR) is 78.1 cm³/mol. The van der Waals surface area contributed by atoms with Crippen molar-refractivity contribution in [3.05, 3.63) is 64.7 Å². The molecule has 1 heterocycles. The first-order valence-corrected chi connectivity index (χ1v) is 6.63. The molecule has 0 radical (unpaired) electrons. The maximum absolute atomic E-state index is 12.3. The van der Waals surface area contributed by atoms with E-state index in [2.05, 4.69) is 31.2 Å². The first-order valence-electron chi connectivity index (χ1n) is 6.63. The van der Waals surface area contributed by atoms with Crippen molar-refractivity contribution in [2.24, 2.45) is 0 Å². The van der Waals surface area contributed by atoms with Crippen LogP contribution in [0.15, 0.2) is 42.5 Å². The van der Waals surface area contributed by atoms with Crippen molar-refractivity contribution < 1.29 is 9.53 Å². The Morgan fingerprint density at radius 1 is 1.10 bits per heavy atom. The molecule has 0 aliphatic carbocycles. The molecule has 102 valence electrons. The zero-order valence-electron chi connectivity index (χ0n) is 11.9. The Balaban J connectivity index is 2.13. The van der Waals surface area contributed by atoms with Crippen LogP contribution >= 0.6 is 0 Å². The molecule has 3 heteroatoms. The number of hydrogen-bond acceptors (Lipinski definition) is 2. The van der Waals surface area contributed by atoms with Gasteiger partial charge in [0, 0.05) is 12.6 Å². The molecule has 0 bridgehead atoms. The number of benzene rings is 2. The molecule has 0 spiro atoms. The Morgan fingerprint density at radius 3 is 2.45 bits per heavy atom. The fraction of sp³-hybridized carbons (Fsp3) is 0.235. The fourth-order valence-corrected chi connectivity index (χ4v) is 2.76. The van der Waals surface area contributed by atoms with Gasteiger partial charge in [-0.15, -0.1) is 0 Å². The summed E-state index contributed by atoms with van der Waals surface area (Å²) >= 11 is 0. The predicted octanol–water partition coefficient (Wildman–Crippen LogP) is 3.18. The lowest BCUT2D eigenvalue weighted by atomic mass is 9.97. The molecule has 20 heavy (non-hydrogen) atoms. The van der Waals surface area contributed by atoms with E-state index in [1.54, 1.807) is 12.0 Å². The Bertz CT molecular complexity index is 661. The first-order chi connectivity index (χ1) is 9.61. The van der Waals surface area contributed by atoms with Crippen molar-refractivity contribution in [2.75, 3.05) is 14.2 Å². The van der Waals surface area contributed by atoms with Crippen molar-refractivity contribution in [3.63, 3.8) is 0 Å². The van der Waals surface area contributed by atoms with Gasteiger partial charge in [0.05, 0.1) is 13.2 Å². The molecular formula is C17H17NO2. The van der Waals surface area contributed by atoms with Crippen molar-refractivity contribution in [1.82, 2.24) is 4.90 Å². The van der Waals surface area contributed by atoms with Crippen LogP contribution in [0.3, 0.4) is 0 Å². The molecule has 0 fully saturated rings. The standard InChI is InChI=1S/C17H17NO2/c1-11-4-6-12(7-5-11)16-15-10-13(20-3)8-9-14(15)17(19)18(16)2/h4-10,16H,1-3H3. The summed E-state index contributed by atoms with van der Waals surface area (Å²) in [4.78, 5) is 14.1. The van der Waals surface area contributed by atoms with Crippen LogP contribution in [0, 0.1) is 6.92 Å². The second-order valence-electron chi connectivity index (χ2n) is 5.18. The maximum Gasteiger partial charge on any atom is 0.254 e. The molecule has 3 rings (SSSR count). The highest BCUT2D eigenvalue weighted by atomic mass is 16.5. The van der Waals surface area contributed by atoms with Gasteiger partial charge in [-0.05, 0) is 36.2 Å². The zero-order valence-corrected chi connectivity index (χ0v) is 11.9. The lowest BCUT2D eigenvalue weighted by Gasteiger charge is -2.21. The monoisotopic (exact) mass is 267 g/mol. The summed E-state index contributed by atoms with van der Waals surface area (Å²) in [6.45, 7) is 2.06. The molecule has 2 aromatic rings. The quantitative estimate of drug-likeness (QED) is 0.836. The zero-order chi connectivity index (χ0) is 14.3. The molecule has 1 aliphatic rings. The van der Waals surface area contributed by atoms with E-state index in [4.69, 9.17) is 4.74 Å². The van der Waals surface area contributed by atoms with Crippen molar-refractivity contribution in [3.8, 4) is 5.75 Å². The number of carbonyl (C=O) groups is 1. The minimum absolute atomic E-state index is 0.0341. The van der Waals surface area contributed by atoms with Crippen molar-refractivity contribution in [1.29, 1.82) is 0 Å². The summed E-state index contributed by atoms with van der Waals surface area (Å²) in [5, 5.41) is 0. The highest BCUT2D eigenvalue weighted by Gasteiger charge is 2.35. The van der Waals surface area contributed by atoms with Crippen LogP contribution in [-0.2, 0) is 0 Å². The molecule has 1 amide bonds. The summed E-state index contributed by atoms with van der Waals surface area (Å²) in [6, 6.07) is 13.9. The Kier molecular flexibility index (Phi) is 2.97. The van der Waals surface area contributed by atoms with Crippen LogP contribution in [0.1, 0.15) is 33.1 Å². The highest BCUT2D eigenvalue weighted by molar-refractivity contribution is 5.99. The molecule has 0 N–H and O–H groups in total. The Labute approximate surface area is 118 Å². The number of amides is 1. The summed E-state index contributed by atoms with van der Waals surface area (Å²) in [7, 11) is 3.49. The number of nitrogens with zero attached hydrogens (tertiary/aromatic N) is 1. The lowest BCUT2D eigenvalue weighted by molar-refractivity contribution is 0.0793. The molecule has 0 aromatic heterocycles. The number of hydrogen-bond donors (Lipinski definition) is 0. The van der Waals surface area contributed by atoms with E-state index in [-0.39, 0.29) is 11.9 Å². The second-order valence-corrected chi connectivity index (χ2v) is 5.18. The van der Waals surface area contributed by atoms with E-state index in [9.17, 15) is 4.79 Å². The van der Waals surface area contributed by atoms with Gasteiger partial charge in [-0.25, -0.2) is 0 Å². The summed E-state index contributed by atoms with van der Waals surface area (Å²) in [5.74, 6) is 0.845. The molecule has 0 saturated carbocycles. The van der Waals surface area contributed by atoms with Gasteiger partial charge in [0.1, 0.15) is 5.75 Å². The first kappa shape index (κ1) is 12.7. The maximum atomic E-state index is 12.3. The van der Waals surface area contributed by atoms with Gasteiger partial charge in [-0.1, -0.05) is 29.8 Å². The van der Waals surface area contributed by atoms with Crippen LogP contribution in [-0.4, -0.2) is 25.0 Å². The van der Waals surface area contributed by atoms with Gasteiger partial charge in [0.2, 0.25) is 0 Å². The van der Waals surface area contributed by atoms with Gasteiger partial charge in [0.25, 0.3) is 5.91 Å². The van der Waals surface area contributed by atoms with Crippen LogP contribution in [0.25, 0.3) is 0 Å². The molecule has 0 saturated heterocycles. The number of methoxy groups -OCH3 is 1. The lowest BCUT2D eigenvalue weighted by Crippen LogP contribution is -2.23. The van der Waals surface area contributed by atoms with E-state index in [0.717, 1.165) is 22.4 Å². The summed E-state index contributed by atoms with van der Waals surface area (Å²) < 4.78 is 5.28. The Morgan fingerprint density at radius 2 is 1.80 bits per heavy atom. The largest absolute Gasteiger partial charge is 0.497 e. The molecule has 3 nitrogen and oxygen atoms in total.